The smallest absolute Gasteiger partial charge is 0.0877 e. The highest BCUT2D eigenvalue weighted by Crippen LogP contribution is 2.06. The van der Waals surface area contributed by atoms with Crippen LogP contribution in [0, 0.1) is 29.6 Å². The Labute approximate surface area is 90.2 Å². The Kier molecular flexibility index (Phi) is 4.34. The van der Waals surface area contributed by atoms with Crippen molar-refractivity contribution in [3.8, 4) is 12.1 Å². The molecule has 15 heavy (non-hydrogen) atoms. The van der Waals surface area contributed by atoms with Crippen molar-refractivity contribution in [2.45, 2.75) is 13.5 Å². The van der Waals surface area contributed by atoms with Crippen molar-refractivity contribution >= 4 is 0 Å². The molecule has 1 aromatic carbocycles. The molecule has 0 fully saturated rings. The van der Waals surface area contributed by atoms with Gasteiger partial charge in [0.25, 0.3) is 0 Å². The van der Waals surface area contributed by atoms with Crippen LogP contribution in [0.3, 0.4) is 0 Å². The second kappa shape index (κ2) is 5.80. The number of aryl methyl sites for hydroxylation is 1. The highest BCUT2D eigenvalue weighted by molar-refractivity contribution is 5.21. The lowest BCUT2D eigenvalue weighted by atomic mass is 10.1. The van der Waals surface area contributed by atoms with Gasteiger partial charge in [0, 0.05) is 6.54 Å². The van der Waals surface area contributed by atoms with Crippen molar-refractivity contribution in [1.29, 1.82) is 10.5 Å². The number of rotatable bonds is 4. The molecular formula is C12H13N3. The minimum atomic E-state index is 0.293. The molecule has 0 unspecified atom stereocenters. The Hall–Kier alpha value is -1.84. The van der Waals surface area contributed by atoms with E-state index in [1.54, 1.807) is 0 Å². The number of hydrogen-bond acceptors (Lipinski definition) is 3. The van der Waals surface area contributed by atoms with E-state index in [2.05, 4.69) is 12.1 Å². The van der Waals surface area contributed by atoms with Gasteiger partial charge in [-0.3, -0.25) is 4.90 Å². The molecule has 3 nitrogen and oxygen atoms in total. The van der Waals surface area contributed by atoms with Crippen LogP contribution in [-0.4, -0.2) is 18.0 Å². The van der Waals surface area contributed by atoms with Crippen molar-refractivity contribution in [2.75, 3.05) is 13.1 Å². The van der Waals surface area contributed by atoms with Gasteiger partial charge in [-0.2, -0.15) is 10.5 Å². The fraction of sp³-hybridized carbons (Fsp3) is 0.333. The maximum absolute atomic E-state index is 8.58. The van der Waals surface area contributed by atoms with E-state index >= 15 is 0 Å². The molecule has 0 atom stereocenters. The minimum Gasteiger partial charge on any atom is -0.273 e. The second-order valence-corrected chi connectivity index (χ2v) is 3.45. The molecule has 0 spiro atoms. The molecule has 0 aliphatic rings. The van der Waals surface area contributed by atoms with Gasteiger partial charge in [-0.15, -0.1) is 0 Å². The summed E-state index contributed by atoms with van der Waals surface area (Å²) in [6.07, 6.45) is 0. The van der Waals surface area contributed by atoms with Gasteiger partial charge in [0.15, 0.2) is 0 Å². The molecule has 0 amide bonds. The Balaban J connectivity index is 2.62. The van der Waals surface area contributed by atoms with Crippen molar-refractivity contribution in [3.63, 3.8) is 0 Å². The minimum absolute atomic E-state index is 0.293. The van der Waals surface area contributed by atoms with E-state index in [4.69, 9.17) is 10.5 Å². The zero-order valence-corrected chi connectivity index (χ0v) is 8.77. The van der Waals surface area contributed by atoms with Gasteiger partial charge in [0.2, 0.25) is 0 Å². The van der Waals surface area contributed by atoms with E-state index in [9.17, 15) is 0 Å². The van der Waals surface area contributed by atoms with E-state index in [1.807, 2.05) is 36.1 Å². The van der Waals surface area contributed by atoms with Gasteiger partial charge in [0.1, 0.15) is 0 Å². The summed E-state index contributed by atoms with van der Waals surface area (Å²) in [5.41, 5.74) is 2.34. The van der Waals surface area contributed by atoms with Crippen LogP contribution in [0.5, 0.6) is 0 Å². The van der Waals surface area contributed by atoms with Crippen molar-refractivity contribution in [3.05, 3.63) is 35.4 Å². The number of benzene rings is 1. The summed E-state index contributed by atoms with van der Waals surface area (Å²) in [5, 5.41) is 17.2. The first-order chi connectivity index (χ1) is 7.26. The van der Waals surface area contributed by atoms with Crippen LogP contribution < -0.4 is 0 Å². The molecule has 0 aromatic heterocycles. The van der Waals surface area contributed by atoms with Crippen LogP contribution in [0.25, 0.3) is 0 Å². The Morgan fingerprint density at radius 2 is 1.60 bits per heavy atom. The highest BCUT2D eigenvalue weighted by Gasteiger charge is 2.03. The number of nitriles is 2. The first kappa shape index (κ1) is 11.2. The maximum atomic E-state index is 8.58. The molecule has 0 aliphatic carbocycles. The molecule has 0 saturated carbocycles. The van der Waals surface area contributed by atoms with Gasteiger partial charge < -0.3 is 0 Å². The maximum Gasteiger partial charge on any atom is 0.0877 e. The fourth-order valence-corrected chi connectivity index (χ4v) is 1.32. The van der Waals surface area contributed by atoms with Crippen molar-refractivity contribution in [1.82, 2.24) is 4.90 Å². The van der Waals surface area contributed by atoms with Gasteiger partial charge in [-0.25, -0.2) is 0 Å². The SMILES string of the molecule is Cc1ccc(CN(CC#N)CC#N)cc1. The Morgan fingerprint density at radius 1 is 1.07 bits per heavy atom. The zero-order chi connectivity index (χ0) is 11.1. The normalized spacial score (nSPS) is 9.60. The third-order valence-corrected chi connectivity index (χ3v) is 2.12. The molecule has 3 heteroatoms. The topological polar surface area (TPSA) is 50.8 Å². The molecule has 1 aromatic rings. The molecule has 0 saturated heterocycles. The lowest BCUT2D eigenvalue weighted by Gasteiger charge is -2.14. The second-order valence-electron chi connectivity index (χ2n) is 3.45. The molecular weight excluding hydrogens is 186 g/mol. The summed E-state index contributed by atoms with van der Waals surface area (Å²) < 4.78 is 0. The Bertz CT molecular complexity index is 365. The molecule has 1 rings (SSSR count). The summed E-state index contributed by atoms with van der Waals surface area (Å²) in [6, 6.07) is 12.2. The Morgan fingerprint density at radius 3 is 2.07 bits per heavy atom. The van der Waals surface area contributed by atoms with E-state index in [0.717, 1.165) is 5.56 Å². The predicted molar refractivity (Wildman–Crippen MR) is 57.7 cm³/mol. The van der Waals surface area contributed by atoms with Gasteiger partial charge in [-0.1, -0.05) is 29.8 Å². The summed E-state index contributed by atoms with van der Waals surface area (Å²) in [5.74, 6) is 0. The van der Waals surface area contributed by atoms with Crippen molar-refractivity contribution in [2.24, 2.45) is 0 Å². The van der Waals surface area contributed by atoms with E-state index in [0.29, 0.717) is 19.6 Å². The third-order valence-electron chi connectivity index (χ3n) is 2.12. The fourth-order valence-electron chi connectivity index (χ4n) is 1.32. The van der Waals surface area contributed by atoms with Gasteiger partial charge in [-0.05, 0) is 12.5 Å². The summed E-state index contributed by atoms with van der Waals surface area (Å²) in [6.45, 7) is 3.27. The molecule has 0 N–H and O–H groups in total. The zero-order valence-electron chi connectivity index (χ0n) is 8.77. The summed E-state index contributed by atoms with van der Waals surface area (Å²) in [4.78, 5) is 1.81. The van der Waals surface area contributed by atoms with E-state index < -0.39 is 0 Å². The lowest BCUT2D eigenvalue weighted by molar-refractivity contribution is 0.335. The van der Waals surface area contributed by atoms with Crippen LogP contribution in [-0.2, 0) is 6.54 Å². The molecule has 0 radical (unpaired) electrons. The van der Waals surface area contributed by atoms with Crippen LogP contribution in [0.2, 0.25) is 0 Å². The molecule has 76 valence electrons. The van der Waals surface area contributed by atoms with Crippen LogP contribution in [0.1, 0.15) is 11.1 Å². The average Bonchev–Trinajstić information content (AvgIpc) is 2.22. The third kappa shape index (κ3) is 3.81. The summed E-state index contributed by atoms with van der Waals surface area (Å²) >= 11 is 0. The highest BCUT2D eigenvalue weighted by atomic mass is 15.1. The first-order valence-electron chi connectivity index (χ1n) is 4.78. The quantitative estimate of drug-likeness (QED) is 0.695. The molecule has 0 bridgehead atoms. The summed E-state index contributed by atoms with van der Waals surface area (Å²) in [7, 11) is 0. The number of nitrogens with zero attached hydrogens (tertiary/aromatic N) is 3. The predicted octanol–water partition coefficient (Wildman–Crippen LogP) is 1.84. The van der Waals surface area contributed by atoms with E-state index in [1.165, 1.54) is 5.56 Å². The van der Waals surface area contributed by atoms with Gasteiger partial charge in [0.05, 0.1) is 25.2 Å². The largest absolute Gasteiger partial charge is 0.273 e. The van der Waals surface area contributed by atoms with Crippen molar-refractivity contribution < 1.29 is 0 Å². The number of hydrogen-bond donors (Lipinski definition) is 0. The van der Waals surface area contributed by atoms with E-state index in [-0.39, 0.29) is 0 Å². The first-order valence-corrected chi connectivity index (χ1v) is 4.78. The average molecular weight is 199 g/mol. The molecule has 0 aliphatic heterocycles. The van der Waals surface area contributed by atoms with Gasteiger partial charge >= 0.3 is 0 Å². The lowest BCUT2D eigenvalue weighted by Crippen LogP contribution is -2.23. The molecule has 0 heterocycles. The van der Waals surface area contributed by atoms with Crippen LogP contribution in [0.15, 0.2) is 24.3 Å². The standard InChI is InChI=1S/C12H13N3/c1-11-2-4-12(5-3-11)10-15(8-6-13)9-7-14/h2-5H,8-10H2,1H3. The monoisotopic (exact) mass is 199 g/mol. The van der Waals surface area contributed by atoms with Crippen LogP contribution in [0.4, 0.5) is 0 Å². The van der Waals surface area contributed by atoms with Crippen LogP contribution >= 0.6 is 0 Å².